The molecule has 0 bridgehead atoms. The highest BCUT2D eigenvalue weighted by molar-refractivity contribution is 5.70. The fraction of sp³-hybridized carbons (Fsp3) is 0.100. The topological polar surface area (TPSA) is 177 Å². The van der Waals surface area contributed by atoms with Gasteiger partial charge in [-0.25, -0.2) is 4.98 Å². The molecule has 0 atom stereocenters. The van der Waals surface area contributed by atoms with Crippen LogP contribution < -0.4 is 4.84 Å². The smallest absolute Gasteiger partial charge is 0.334 e. The van der Waals surface area contributed by atoms with Crippen LogP contribution >= 0.6 is 0 Å². The van der Waals surface area contributed by atoms with E-state index >= 15 is 0 Å². The molecule has 0 aliphatic carbocycles. The second-order valence-electron chi connectivity index (χ2n) is 4.01. The van der Waals surface area contributed by atoms with E-state index in [0.29, 0.717) is 6.07 Å². The van der Waals surface area contributed by atoms with Gasteiger partial charge in [-0.3, -0.25) is 30.3 Å². The Morgan fingerprint density at radius 2 is 1.78 bits per heavy atom. The number of hydrogen-bond donors (Lipinski definition) is 1. The van der Waals surface area contributed by atoms with Crippen LogP contribution in [0.1, 0.15) is 5.56 Å². The largest absolute Gasteiger partial charge is 0.391 e. The predicted octanol–water partition coefficient (Wildman–Crippen LogP) is 0.942. The molecule has 0 unspecified atom stereocenters. The fourth-order valence-electron chi connectivity index (χ4n) is 1.81. The first-order valence-corrected chi connectivity index (χ1v) is 5.77. The standard InChI is InChI=1S/C10H7N5O8/c16-4-6-7(13(17)18)3-8(14(19)20)10(9(6)15(21)22)23-12-2-1-11-5-12/h1-3,5,16H,4H2. The summed E-state index contributed by atoms with van der Waals surface area (Å²) in [5.41, 5.74) is -3.72. The third kappa shape index (κ3) is 2.88. The number of hydrogen-bond acceptors (Lipinski definition) is 9. The van der Waals surface area contributed by atoms with Crippen molar-refractivity contribution in [2.45, 2.75) is 6.61 Å². The van der Waals surface area contributed by atoms with Crippen LogP contribution in [0.5, 0.6) is 5.75 Å². The molecule has 0 fully saturated rings. The van der Waals surface area contributed by atoms with E-state index in [1.165, 1.54) is 12.4 Å². The van der Waals surface area contributed by atoms with Crippen LogP contribution in [0.2, 0.25) is 0 Å². The summed E-state index contributed by atoms with van der Waals surface area (Å²) in [5, 5.41) is 42.5. The van der Waals surface area contributed by atoms with Crippen LogP contribution in [-0.2, 0) is 6.61 Å². The molecule has 120 valence electrons. The molecule has 1 aromatic carbocycles. The minimum Gasteiger partial charge on any atom is -0.391 e. The molecular weight excluding hydrogens is 318 g/mol. The van der Waals surface area contributed by atoms with E-state index in [0.717, 1.165) is 11.1 Å². The highest BCUT2D eigenvalue weighted by Gasteiger charge is 2.38. The first-order valence-electron chi connectivity index (χ1n) is 5.77. The van der Waals surface area contributed by atoms with Crippen molar-refractivity contribution in [3.8, 4) is 5.75 Å². The maximum absolute atomic E-state index is 11.2. The maximum Gasteiger partial charge on any atom is 0.334 e. The highest BCUT2D eigenvalue weighted by atomic mass is 16.7. The minimum absolute atomic E-state index is 0.491. The first kappa shape index (κ1) is 15.8. The lowest BCUT2D eigenvalue weighted by atomic mass is 10.1. The molecule has 13 nitrogen and oxygen atoms in total. The van der Waals surface area contributed by atoms with Crippen LogP contribution in [0, 0.1) is 30.3 Å². The first-order chi connectivity index (χ1) is 10.9. The fourth-order valence-corrected chi connectivity index (χ4v) is 1.81. The van der Waals surface area contributed by atoms with E-state index in [-0.39, 0.29) is 0 Å². The Morgan fingerprint density at radius 1 is 1.13 bits per heavy atom. The van der Waals surface area contributed by atoms with Gasteiger partial charge in [0.25, 0.3) is 5.69 Å². The Kier molecular flexibility index (Phi) is 4.13. The van der Waals surface area contributed by atoms with Crippen molar-refractivity contribution in [2.75, 3.05) is 0 Å². The second-order valence-corrected chi connectivity index (χ2v) is 4.01. The van der Waals surface area contributed by atoms with Gasteiger partial charge in [0, 0.05) is 6.20 Å². The van der Waals surface area contributed by atoms with Crippen molar-refractivity contribution in [1.29, 1.82) is 0 Å². The Hall–Kier alpha value is -3.61. The molecule has 1 heterocycles. The lowest BCUT2D eigenvalue weighted by molar-refractivity contribution is -0.406. The van der Waals surface area contributed by atoms with Gasteiger partial charge in [0.05, 0.1) is 33.6 Å². The van der Waals surface area contributed by atoms with Gasteiger partial charge in [-0.05, 0) is 0 Å². The molecular formula is C10H7N5O8. The lowest BCUT2D eigenvalue weighted by Crippen LogP contribution is -2.10. The van der Waals surface area contributed by atoms with Gasteiger partial charge >= 0.3 is 17.1 Å². The van der Waals surface area contributed by atoms with E-state index in [1.54, 1.807) is 0 Å². The molecule has 1 N–H and O–H groups in total. The molecule has 0 amide bonds. The summed E-state index contributed by atoms with van der Waals surface area (Å²) in [6.07, 6.45) is 3.51. The van der Waals surface area contributed by atoms with Gasteiger partial charge in [-0.1, -0.05) is 0 Å². The monoisotopic (exact) mass is 325 g/mol. The van der Waals surface area contributed by atoms with Gasteiger partial charge in [0.15, 0.2) is 0 Å². The number of nitro groups is 3. The van der Waals surface area contributed by atoms with Crippen molar-refractivity contribution in [1.82, 2.24) is 9.71 Å². The summed E-state index contributed by atoms with van der Waals surface area (Å²) < 4.78 is 0.836. The van der Waals surface area contributed by atoms with Gasteiger partial charge in [-0.2, -0.15) is 4.73 Å². The molecule has 0 radical (unpaired) electrons. The van der Waals surface area contributed by atoms with Crippen molar-refractivity contribution in [3.05, 3.63) is 60.7 Å². The van der Waals surface area contributed by atoms with Crippen molar-refractivity contribution in [2.24, 2.45) is 0 Å². The van der Waals surface area contributed by atoms with Crippen LogP contribution in [0.4, 0.5) is 17.1 Å². The number of aliphatic hydroxyl groups is 1. The zero-order chi connectivity index (χ0) is 17.1. The zero-order valence-corrected chi connectivity index (χ0v) is 11.1. The summed E-state index contributed by atoms with van der Waals surface area (Å²) in [5.74, 6) is -0.854. The quantitative estimate of drug-likeness (QED) is 0.597. The van der Waals surface area contributed by atoms with Crippen molar-refractivity contribution < 1.29 is 24.7 Å². The lowest BCUT2D eigenvalue weighted by Gasteiger charge is -2.09. The summed E-state index contributed by atoms with van der Waals surface area (Å²) in [6.45, 7) is -1.08. The third-order valence-electron chi connectivity index (χ3n) is 2.73. The average Bonchev–Trinajstić information content (AvgIpc) is 2.98. The molecule has 0 spiro atoms. The molecule has 0 saturated heterocycles. The summed E-state index contributed by atoms with van der Waals surface area (Å²) in [6, 6.07) is 0.491. The molecule has 1 aromatic heterocycles. The normalized spacial score (nSPS) is 10.3. The Balaban J connectivity index is 2.82. The number of benzene rings is 1. The van der Waals surface area contributed by atoms with Gasteiger partial charge in [0.1, 0.15) is 11.9 Å². The maximum atomic E-state index is 11.2. The summed E-state index contributed by atoms with van der Waals surface area (Å²) >= 11 is 0. The molecule has 2 rings (SSSR count). The molecule has 2 aromatic rings. The summed E-state index contributed by atoms with van der Waals surface area (Å²) in [4.78, 5) is 38.7. The van der Waals surface area contributed by atoms with Crippen LogP contribution in [0.3, 0.4) is 0 Å². The van der Waals surface area contributed by atoms with E-state index in [1.807, 2.05) is 0 Å². The number of aliphatic hydroxyl groups excluding tert-OH is 1. The van der Waals surface area contributed by atoms with Crippen molar-refractivity contribution in [3.63, 3.8) is 0 Å². The number of imidazole rings is 1. The van der Waals surface area contributed by atoms with E-state index in [4.69, 9.17) is 4.84 Å². The van der Waals surface area contributed by atoms with Crippen LogP contribution in [-0.4, -0.2) is 29.6 Å². The van der Waals surface area contributed by atoms with E-state index < -0.39 is 49.8 Å². The van der Waals surface area contributed by atoms with Gasteiger partial charge in [-0.15, -0.1) is 0 Å². The molecule has 0 aliphatic heterocycles. The van der Waals surface area contributed by atoms with Gasteiger partial charge < -0.3 is 9.94 Å². The second kappa shape index (κ2) is 6.02. The zero-order valence-electron chi connectivity index (χ0n) is 11.1. The molecule has 0 saturated carbocycles. The molecule has 13 heteroatoms. The number of aromatic nitrogens is 2. The van der Waals surface area contributed by atoms with Crippen LogP contribution in [0.25, 0.3) is 0 Å². The summed E-state index contributed by atoms with van der Waals surface area (Å²) in [7, 11) is 0. The number of nitro benzene ring substituents is 3. The molecule has 0 aliphatic rings. The predicted molar refractivity (Wildman–Crippen MR) is 70.6 cm³/mol. The Labute approximate surface area is 125 Å². The van der Waals surface area contributed by atoms with E-state index in [2.05, 4.69) is 4.98 Å². The third-order valence-corrected chi connectivity index (χ3v) is 2.73. The van der Waals surface area contributed by atoms with Gasteiger partial charge in [0.2, 0.25) is 0 Å². The van der Waals surface area contributed by atoms with Crippen LogP contribution in [0.15, 0.2) is 24.8 Å². The Morgan fingerprint density at radius 3 is 2.22 bits per heavy atom. The average molecular weight is 325 g/mol. The minimum atomic E-state index is -1.10. The van der Waals surface area contributed by atoms with Crippen molar-refractivity contribution >= 4 is 17.1 Å². The molecule has 23 heavy (non-hydrogen) atoms. The SMILES string of the molecule is O=[N+]([O-])c1cc([N+](=O)[O-])c(On2ccnc2)c([N+](=O)[O-])c1CO. The number of nitrogens with zero attached hydrogens (tertiary/aromatic N) is 5. The van der Waals surface area contributed by atoms with E-state index in [9.17, 15) is 35.4 Å². The highest BCUT2D eigenvalue weighted by Crippen LogP contribution is 2.44. The number of rotatable bonds is 6. The Bertz CT molecular complexity index is 787.